The second-order valence-corrected chi connectivity index (χ2v) is 10.2. The van der Waals surface area contributed by atoms with E-state index in [4.69, 9.17) is 9.78 Å². The number of hydrogen-bond acceptors (Lipinski definition) is 7. The van der Waals surface area contributed by atoms with E-state index in [1.807, 2.05) is 44.2 Å². The van der Waals surface area contributed by atoms with Gasteiger partial charge >= 0.3 is 5.97 Å². The van der Waals surface area contributed by atoms with Crippen LogP contribution in [0.15, 0.2) is 54.6 Å². The first kappa shape index (κ1) is 28.3. The fourth-order valence-corrected chi connectivity index (χ4v) is 4.89. The molecule has 0 aliphatic carbocycles. The van der Waals surface area contributed by atoms with Gasteiger partial charge in [0.05, 0.1) is 35.9 Å². The van der Waals surface area contributed by atoms with Crippen LogP contribution in [0.1, 0.15) is 80.0 Å². The minimum absolute atomic E-state index is 0.00305. The van der Waals surface area contributed by atoms with Crippen molar-refractivity contribution in [3.63, 3.8) is 0 Å². The van der Waals surface area contributed by atoms with Crippen LogP contribution in [-0.2, 0) is 9.68 Å². The summed E-state index contributed by atoms with van der Waals surface area (Å²) in [5, 5.41) is 24.0. The monoisotopic (exact) mass is 539 g/mol. The van der Waals surface area contributed by atoms with Crippen molar-refractivity contribution in [2.75, 3.05) is 6.54 Å². The Balaban J connectivity index is 1.69. The topological polar surface area (TPSA) is 114 Å². The number of benzene rings is 2. The van der Waals surface area contributed by atoms with Crippen molar-refractivity contribution in [2.45, 2.75) is 70.6 Å². The number of nitrogens with zero attached hydrogens (tertiary/aromatic N) is 3. The SMILES string of the molecule is CC(C)c1c(C(=O)N2CCCC2c2ccccc2)nn(-c2ccc(F)cc2)c1OOC(=O)C[C@H](O)C[C@H](C)O. The lowest BCUT2D eigenvalue weighted by Crippen LogP contribution is -2.31. The summed E-state index contributed by atoms with van der Waals surface area (Å²) >= 11 is 0. The van der Waals surface area contributed by atoms with Crippen LogP contribution >= 0.6 is 0 Å². The molecule has 10 heteroatoms. The number of likely N-dealkylation sites (tertiary alicyclic amines) is 1. The van der Waals surface area contributed by atoms with Crippen LogP contribution < -0.4 is 4.89 Å². The van der Waals surface area contributed by atoms with Crippen LogP contribution in [0.25, 0.3) is 5.69 Å². The second-order valence-electron chi connectivity index (χ2n) is 10.2. The number of halogens is 1. The number of carbonyl (C=O) groups excluding carboxylic acids is 2. The maximum atomic E-state index is 14.0. The lowest BCUT2D eigenvalue weighted by molar-refractivity contribution is -0.218. The van der Waals surface area contributed by atoms with E-state index in [1.54, 1.807) is 4.90 Å². The number of aliphatic hydroxyl groups excluding tert-OH is 2. The summed E-state index contributed by atoms with van der Waals surface area (Å²) in [6.07, 6.45) is -0.644. The Morgan fingerprint density at radius 3 is 2.41 bits per heavy atom. The molecule has 1 aromatic heterocycles. The van der Waals surface area contributed by atoms with Crippen LogP contribution in [0, 0.1) is 5.82 Å². The molecule has 0 bridgehead atoms. The van der Waals surface area contributed by atoms with Gasteiger partial charge in [-0.15, -0.1) is 0 Å². The minimum Gasteiger partial charge on any atom is -0.393 e. The molecule has 0 radical (unpaired) electrons. The first-order valence-corrected chi connectivity index (χ1v) is 13.1. The van der Waals surface area contributed by atoms with Crippen molar-refractivity contribution in [2.24, 2.45) is 0 Å². The van der Waals surface area contributed by atoms with E-state index in [0.29, 0.717) is 17.8 Å². The molecule has 2 N–H and O–H groups in total. The molecule has 0 spiro atoms. The predicted molar refractivity (Wildman–Crippen MR) is 141 cm³/mol. The van der Waals surface area contributed by atoms with Gasteiger partial charge in [0.25, 0.3) is 11.8 Å². The quantitative estimate of drug-likeness (QED) is 0.289. The van der Waals surface area contributed by atoms with Crippen molar-refractivity contribution in [1.29, 1.82) is 0 Å². The molecule has 39 heavy (non-hydrogen) atoms. The minimum atomic E-state index is -1.12. The van der Waals surface area contributed by atoms with Gasteiger partial charge in [-0.05, 0) is 61.9 Å². The van der Waals surface area contributed by atoms with Crippen LogP contribution in [0.2, 0.25) is 0 Å². The average molecular weight is 540 g/mol. The third-order valence-corrected chi connectivity index (χ3v) is 6.66. The maximum absolute atomic E-state index is 14.0. The lowest BCUT2D eigenvalue weighted by atomic mass is 10.0. The van der Waals surface area contributed by atoms with E-state index in [0.717, 1.165) is 18.4 Å². The Labute approximate surface area is 226 Å². The van der Waals surface area contributed by atoms with E-state index in [2.05, 4.69) is 5.10 Å². The Hall–Kier alpha value is -3.76. The van der Waals surface area contributed by atoms with Crippen LogP contribution in [0.3, 0.4) is 0 Å². The first-order valence-electron chi connectivity index (χ1n) is 13.1. The summed E-state index contributed by atoms with van der Waals surface area (Å²) in [7, 11) is 0. The van der Waals surface area contributed by atoms with Crippen molar-refractivity contribution in [3.05, 3.63) is 77.2 Å². The molecule has 3 atom stereocenters. The van der Waals surface area contributed by atoms with Crippen molar-refractivity contribution < 1.29 is 34.0 Å². The number of aliphatic hydroxyl groups is 2. The van der Waals surface area contributed by atoms with Gasteiger partial charge in [0, 0.05) is 6.54 Å². The summed E-state index contributed by atoms with van der Waals surface area (Å²) in [5.41, 5.74) is 2.02. The van der Waals surface area contributed by atoms with Crippen molar-refractivity contribution in [1.82, 2.24) is 14.7 Å². The molecule has 1 fully saturated rings. The fourth-order valence-electron chi connectivity index (χ4n) is 4.89. The second kappa shape index (κ2) is 12.4. The van der Waals surface area contributed by atoms with Gasteiger partial charge in [0.2, 0.25) is 0 Å². The first-order chi connectivity index (χ1) is 18.7. The van der Waals surface area contributed by atoms with E-state index >= 15 is 0 Å². The van der Waals surface area contributed by atoms with E-state index < -0.39 is 30.4 Å². The highest BCUT2D eigenvalue weighted by Gasteiger charge is 2.36. The van der Waals surface area contributed by atoms with Gasteiger partial charge in [-0.25, -0.2) is 14.1 Å². The molecular formula is C29H34FN3O6. The standard InChI is InChI=1S/C29H34FN3O6/c1-18(2)26-27(28(37)32-15-7-10-24(32)20-8-5-4-6-9-20)31-33(22-13-11-21(30)12-14-22)29(26)39-38-25(36)17-23(35)16-19(3)34/h4-6,8-9,11-14,18-19,23-24,34-35H,7,10,15-17H2,1-3H3/t19-,23+,24?/m0/s1. The molecule has 1 saturated heterocycles. The van der Waals surface area contributed by atoms with Gasteiger partial charge < -0.3 is 15.1 Å². The molecule has 1 amide bonds. The van der Waals surface area contributed by atoms with Crippen molar-refractivity contribution >= 4 is 11.9 Å². The van der Waals surface area contributed by atoms with Crippen LogP contribution in [0.4, 0.5) is 4.39 Å². The fraction of sp³-hybridized carbons (Fsp3) is 0.414. The molecule has 3 aromatic rings. The highest BCUT2D eigenvalue weighted by Crippen LogP contribution is 2.37. The van der Waals surface area contributed by atoms with E-state index in [-0.39, 0.29) is 35.9 Å². The third-order valence-electron chi connectivity index (χ3n) is 6.66. The van der Waals surface area contributed by atoms with Crippen LogP contribution in [0.5, 0.6) is 5.88 Å². The average Bonchev–Trinajstić information content (AvgIpc) is 3.53. The smallest absolute Gasteiger partial charge is 0.358 e. The molecule has 2 aromatic carbocycles. The van der Waals surface area contributed by atoms with E-state index in [9.17, 15) is 24.2 Å². The lowest BCUT2D eigenvalue weighted by Gasteiger charge is -2.25. The van der Waals surface area contributed by atoms with Crippen molar-refractivity contribution in [3.8, 4) is 11.6 Å². The molecule has 1 aliphatic heterocycles. The molecule has 208 valence electrons. The highest BCUT2D eigenvalue weighted by molar-refractivity contribution is 5.95. The molecule has 2 heterocycles. The number of carbonyl (C=O) groups is 2. The third kappa shape index (κ3) is 6.63. The summed E-state index contributed by atoms with van der Waals surface area (Å²) < 4.78 is 15.0. The van der Waals surface area contributed by atoms with Crippen LogP contribution in [-0.4, -0.2) is 55.5 Å². The number of amides is 1. The number of aromatic nitrogens is 2. The Bertz CT molecular complexity index is 1280. The largest absolute Gasteiger partial charge is 0.393 e. The summed E-state index contributed by atoms with van der Waals surface area (Å²) in [4.78, 5) is 38.7. The van der Waals surface area contributed by atoms with Gasteiger partial charge in [-0.3, -0.25) is 9.68 Å². The van der Waals surface area contributed by atoms with E-state index in [1.165, 1.54) is 35.9 Å². The summed E-state index contributed by atoms with van der Waals surface area (Å²) in [5.74, 6) is -1.84. The highest BCUT2D eigenvalue weighted by atomic mass is 19.1. The molecule has 0 saturated carbocycles. The van der Waals surface area contributed by atoms with Gasteiger partial charge in [0.1, 0.15) is 5.82 Å². The normalized spacial score (nSPS) is 16.8. The zero-order valence-electron chi connectivity index (χ0n) is 22.3. The Morgan fingerprint density at radius 1 is 1.08 bits per heavy atom. The molecular weight excluding hydrogens is 505 g/mol. The summed E-state index contributed by atoms with van der Waals surface area (Å²) in [6.45, 7) is 5.79. The summed E-state index contributed by atoms with van der Waals surface area (Å²) in [6, 6.07) is 15.2. The van der Waals surface area contributed by atoms with Gasteiger partial charge in [0.15, 0.2) is 5.69 Å². The number of hydrogen-bond donors (Lipinski definition) is 2. The molecule has 4 rings (SSSR count). The molecule has 1 aliphatic rings. The maximum Gasteiger partial charge on any atom is 0.358 e. The van der Waals surface area contributed by atoms with Gasteiger partial charge in [-0.1, -0.05) is 44.2 Å². The Morgan fingerprint density at radius 2 is 1.77 bits per heavy atom. The van der Waals surface area contributed by atoms with Gasteiger partial charge in [-0.2, -0.15) is 9.78 Å². The zero-order chi connectivity index (χ0) is 28.1. The molecule has 9 nitrogen and oxygen atoms in total. The molecule has 1 unspecified atom stereocenters. The number of rotatable bonds is 10. The zero-order valence-corrected chi connectivity index (χ0v) is 22.3. The predicted octanol–water partition coefficient (Wildman–Crippen LogP) is 4.47. The Kier molecular flexibility index (Phi) is 8.98.